The molecule has 4 aromatic carbocycles. The summed E-state index contributed by atoms with van der Waals surface area (Å²) in [6.45, 7) is 4.54. The number of phenolic OH excluding ortho intramolecular Hbond substituents is 1. The average molecular weight is 676 g/mol. The predicted molar refractivity (Wildman–Crippen MR) is 152 cm³/mol. The molecule has 13 nitrogen and oxygen atoms in total. The molecular formula is C26H20ClN5Na2O8S2. The van der Waals surface area contributed by atoms with Gasteiger partial charge in [-0.3, -0.25) is 4.79 Å². The number of benzene rings is 4. The first-order valence-corrected chi connectivity index (χ1v) is 15.0. The van der Waals surface area contributed by atoms with Crippen molar-refractivity contribution in [3.05, 3.63) is 70.7 Å². The molecule has 0 heterocycles. The molecule has 4 aromatic rings. The van der Waals surface area contributed by atoms with Gasteiger partial charge in [0, 0.05) is 23.0 Å². The van der Waals surface area contributed by atoms with Gasteiger partial charge < -0.3 is 19.5 Å². The van der Waals surface area contributed by atoms with Crippen LogP contribution in [0.5, 0.6) is 5.75 Å². The quantitative estimate of drug-likeness (QED) is 0.159. The Kier molecular flexibility index (Phi) is 12.8. The number of aryl methyl sites for hydroxylation is 2. The van der Waals surface area contributed by atoms with Crippen molar-refractivity contribution in [3.8, 4) is 5.75 Å². The van der Waals surface area contributed by atoms with Crippen LogP contribution in [0.3, 0.4) is 0 Å². The molecule has 0 saturated heterocycles. The Hall–Kier alpha value is -2.28. The molecule has 4 rings (SSSR count). The van der Waals surface area contributed by atoms with Crippen molar-refractivity contribution in [1.29, 1.82) is 0 Å². The Balaban J connectivity index is 0.00000337. The molecule has 0 spiro atoms. The van der Waals surface area contributed by atoms with E-state index in [9.17, 15) is 35.8 Å². The maximum absolute atomic E-state index is 12.1. The SMILES string of the molecule is CC(=O)Nc1ccc2c(O)c(N=Nc3cc(C)c(N=Nc4ccc(Cl)cc4S(=O)(=O)[O-])cc3C)c(S(=O)(=O)[O-])cc2c1.[Na+].[Na+]. The summed E-state index contributed by atoms with van der Waals surface area (Å²) in [5.41, 5.74) is 1.03. The van der Waals surface area contributed by atoms with Gasteiger partial charge in [0.05, 0.1) is 21.2 Å². The molecule has 218 valence electrons. The summed E-state index contributed by atoms with van der Waals surface area (Å²) < 4.78 is 70.9. The summed E-state index contributed by atoms with van der Waals surface area (Å²) in [7, 11) is -9.99. The third-order valence-electron chi connectivity index (χ3n) is 5.87. The molecule has 0 radical (unpaired) electrons. The molecule has 0 fully saturated rings. The molecule has 44 heavy (non-hydrogen) atoms. The van der Waals surface area contributed by atoms with Gasteiger partial charge in [0.1, 0.15) is 31.6 Å². The smallest absolute Gasteiger partial charge is 0.744 e. The maximum Gasteiger partial charge on any atom is 1.00 e. The number of anilines is 1. The van der Waals surface area contributed by atoms with Crippen LogP contribution in [0.2, 0.25) is 5.02 Å². The van der Waals surface area contributed by atoms with E-state index in [0.29, 0.717) is 22.5 Å². The van der Waals surface area contributed by atoms with Gasteiger partial charge in [0.2, 0.25) is 5.91 Å². The zero-order chi connectivity index (χ0) is 31.0. The molecule has 2 N–H and O–H groups in total. The Bertz CT molecular complexity index is 2060. The first-order chi connectivity index (χ1) is 19.5. The van der Waals surface area contributed by atoms with Crippen LogP contribution in [0, 0.1) is 13.8 Å². The second kappa shape index (κ2) is 14.9. The number of aromatic hydroxyl groups is 1. The van der Waals surface area contributed by atoms with E-state index in [0.717, 1.165) is 12.1 Å². The van der Waals surface area contributed by atoms with Crippen LogP contribution in [0.15, 0.2) is 84.8 Å². The topological polar surface area (TPSA) is 213 Å². The first kappa shape index (κ1) is 37.9. The zero-order valence-electron chi connectivity index (χ0n) is 24.0. The number of hydrogen-bond acceptors (Lipinski definition) is 12. The molecule has 0 saturated carbocycles. The molecule has 0 unspecified atom stereocenters. The Morgan fingerprint density at radius 3 is 1.86 bits per heavy atom. The fourth-order valence-electron chi connectivity index (χ4n) is 3.90. The van der Waals surface area contributed by atoms with Gasteiger partial charge in [-0.2, -0.15) is 10.2 Å². The van der Waals surface area contributed by atoms with Crippen LogP contribution >= 0.6 is 11.6 Å². The number of phenols is 1. The van der Waals surface area contributed by atoms with Crippen molar-refractivity contribution in [2.75, 3.05) is 5.32 Å². The van der Waals surface area contributed by atoms with E-state index in [1.165, 1.54) is 49.4 Å². The summed E-state index contributed by atoms with van der Waals surface area (Å²) in [6, 6.07) is 11.9. The molecule has 0 aliphatic rings. The normalized spacial score (nSPS) is 11.9. The van der Waals surface area contributed by atoms with Gasteiger partial charge in [-0.25, -0.2) is 16.8 Å². The number of azo groups is 2. The van der Waals surface area contributed by atoms with Gasteiger partial charge in [-0.15, -0.1) is 10.2 Å². The van der Waals surface area contributed by atoms with Crippen LogP contribution < -0.4 is 64.4 Å². The van der Waals surface area contributed by atoms with Crippen LogP contribution in [-0.2, 0) is 25.0 Å². The third-order valence-corrected chi connectivity index (χ3v) is 7.82. The molecule has 0 atom stereocenters. The summed E-state index contributed by atoms with van der Waals surface area (Å²) >= 11 is 5.80. The minimum absolute atomic E-state index is 0. The van der Waals surface area contributed by atoms with Gasteiger partial charge in [-0.1, -0.05) is 11.6 Å². The van der Waals surface area contributed by atoms with Crippen molar-refractivity contribution in [3.63, 3.8) is 0 Å². The number of nitrogens with zero attached hydrogens (tertiary/aromatic N) is 4. The van der Waals surface area contributed by atoms with Crippen molar-refractivity contribution >= 4 is 77.0 Å². The predicted octanol–water partition coefficient (Wildman–Crippen LogP) is 0.421. The Morgan fingerprint density at radius 1 is 0.773 bits per heavy atom. The molecule has 1 amide bonds. The second-order valence-corrected chi connectivity index (χ2v) is 12.2. The largest absolute Gasteiger partial charge is 1.00 e. The van der Waals surface area contributed by atoms with E-state index in [4.69, 9.17) is 11.6 Å². The number of nitrogens with one attached hydrogen (secondary N) is 1. The summed E-state index contributed by atoms with van der Waals surface area (Å²) in [6.07, 6.45) is 0. The van der Waals surface area contributed by atoms with E-state index in [1.54, 1.807) is 13.8 Å². The van der Waals surface area contributed by atoms with Crippen LogP contribution in [-0.4, -0.2) is 37.0 Å². The molecule has 0 aliphatic heterocycles. The van der Waals surface area contributed by atoms with Crippen LogP contribution in [0.4, 0.5) is 28.4 Å². The second-order valence-electron chi connectivity index (χ2n) is 9.03. The molecule has 0 aromatic heterocycles. The monoisotopic (exact) mass is 675 g/mol. The van der Waals surface area contributed by atoms with Crippen molar-refractivity contribution < 1.29 is 95.0 Å². The minimum Gasteiger partial charge on any atom is -0.744 e. The van der Waals surface area contributed by atoms with Gasteiger partial charge >= 0.3 is 59.1 Å². The summed E-state index contributed by atoms with van der Waals surface area (Å²) in [4.78, 5) is 9.92. The molecule has 0 aliphatic carbocycles. The Labute approximate surface area is 301 Å². The zero-order valence-corrected chi connectivity index (χ0v) is 30.4. The van der Waals surface area contributed by atoms with Crippen molar-refractivity contribution in [2.45, 2.75) is 30.6 Å². The fraction of sp³-hybridized carbons (Fsp3) is 0.115. The molecule has 18 heteroatoms. The van der Waals surface area contributed by atoms with Crippen molar-refractivity contribution in [1.82, 2.24) is 0 Å². The van der Waals surface area contributed by atoms with Gasteiger partial charge in [0.25, 0.3) is 0 Å². The standard InChI is InChI=1S/C26H22ClN5O8S2.2Na/c1-13-9-22(14(2)8-21(13)30-29-20-7-4-17(27)12-23(20)41(35,36)37)31-32-25-24(42(38,39)40)11-16-10-18(28-15(3)33)5-6-19(16)26(25)34;;/h4-12,34H,1-3H3,(H,28,33)(H,35,36,37)(H,38,39,40);;/q;2*+1/p-2. The van der Waals surface area contributed by atoms with E-state index in [1.807, 2.05) is 0 Å². The summed E-state index contributed by atoms with van der Waals surface area (Å²) in [5, 5.41) is 29.6. The maximum atomic E-state index is 12.1. The number of rotatable bonds is 7. The number of hydrogen-bond donors (Lipinski definition) is 2. The average Bonchev–Trinajstić information content (AvgIpc) is 2.87. The van der Waals surface area contributed by atoms with E-state index >= 15 is 0 Å². The van der Waals surface area contributed by atoms with Crippen molar-refractivity contribution in [2.24, 2.45) is 20.5 Å². The molecular weight excluding hydrogens is 656 g/mol. The third kappa shape index (κ3) is 8.92. The van der Waals surface area contributed by atoms with Crippen LogP contribution in [0.25, 0.3) is 10.8 Å². The van der Waals surface area contributed by atoms with E-state index in [-0.39, 0.29) is 92.2 Å². The number of fused-ring (bicyclic) bond motifs is 1. The number of amides is 1. The summed E-state index contributed by atoms with van der Waals surface area (Å²) in [5.74, 6) is -0.976. The fourth-order valence-corrected chi connectivity index (χ4v) is 5.42. The number of carbonyl (C=O) groups excluding carboxylic acids is 1. The van der Waals surface area contributed by atoms with Gasteiger partial charge in [0.15, 0.2) is 5.75 Å². The minimum atomic E-state index is -5.12. The Morgan fingerprint density at radius 2 is 1.32 bits per heavy atom. The number of carbonyl (C=O) groups is 1. The molecule has 0 bridgehead atoms. The van der Waals surface area contributed by atoms with E-state index < -0.39 is 41.5 Å². The van der Waals surface area contributed by atoms with Gasteiger partial charge in [-0.05, 0) is 85.0 Å². The van der Waals surface area contributed by atoms with E-state index in [2.05, 4.69) is 25.8 Å². The first-order valence-electron chi connectivity index (χ1n) is 11.8. The number of halogens is 1. The van der Waals surface area contributed by atoms with Crippen LogP contribution in [0.1, 0.15) is 18.1 Å².